The van der Waals surface area contributed by atoms with E-state index in [0.717, 1.165) is 22.7 Å². The fourth-order valence-corrected chi connectivity index (χ4v) is 3.04. The van der Waals surface area contributed by atoms with Crippen LogP contribution in [0.25, 0.3) is 0 Å². The van der Waals surface area contributed by atoms with Gasteiger partial charge in [-0.3, -0.25) is 0 Å². The van der Waals surface area contributed by atoms with E-state index in [1.54, 1.807) is 11.3 Å². The van der Waals surface area contributed by atoms with Gasteiger partial charge in [0.05, 0.1) is 0 Å². The molecule has 0 aliphatic heterocycles. The van der Waals surface area contributed by atoms with Gasteiger partial charge in [-0.05, 0) is 11.6 Å². The summed E-state index contributed by atoms with van der Waals surface area (Å²) in [6, 6.07) is 8.80. The van der Waals surface area contributed by atoms with Crippen molar-refractivity contribution in [3.63, 3.8) is 0 Å². The maximum absolute atomic E-state index is 4.51. The highest BCUT2D eigenvalue weighted by atomic mass is 79.9. The third kappa shape index (κ3) is 4.30. The van der Waals surface area contributed by atoms with Crippen LogP contribution in [0.3, 0.4) is 0 Å². The highest BCUT2D eigenvalue weighted by Gasteiger charge is 2.09. The van der Waals surface area contributed by atoms with Crippen LogP contribution in [0.5, 0.6) is 0 Å². The molecule has 2 aromatic rings. The van der Waals surface area contributed by atoms with Crippen LogP contribution in [0.15, 0.2) is 34.9 Å². The van der Waals surface area contributed by atoms with E-state index in [1.807, 2.05) is 12.3 Å². The second-order valence-electron chi connectivity index (χ2n) is 5.09. The van der Waals surface area contributed by atoms with Gasteiger partial charge in [-0.2, -0.15) is 0 Å². The third-order valence-electron chi connectivity index (χ3n) is 2.92. The van der Waals surface area contributed by atoms with Crippen molar-refractivity contribution >= 4 is 32.4 Å². The van der Waals surface area contributed by atoms with Crippen LogP contribution in [0, 0.1) is 0 Å². The van der Waals surface area contributed by atoms with Crippen LogP contribution < -0.4 is 10.2 Å². The van der Waals surface area contributed by atoms with Crippen LogP contribution in [0.1, 0.15) is 24.3 Å². The minimum Gasteiger partial charge on any atom is -0.347 e. The Labute approximate surface area is 133 Å². The molecule has 0 saturated heterocycles. The van der Waals surface area contributed by atoms with Gasteiger partial charge >= 0.3 is 0 Å². The molecule has 0 fully saturated rings. The molecule has 3 nitrogen and oxygen atoms in total. The molecule has 0 bridgehead atoms. The van der Waals surface area contributed by atoms with Crippen molar-refractivity contribution in [3.05, 3.63) is 45.4 Å². The molecule has 0 aliphatic carbocycles. The molecule has 0 unspecified atom stereocenters. The average molecular weight is 354 g/mol. The normalized spacial score (nSPS) is 11.1. The number of benzene rings is 1. The molecule has 108 valence electrons. The lowest BCUT2D eigenvalue weighted by atomic mass is 10.2. The number of hydrogen-bond acceptors (Lipinski definition) is 4. The highest BCUT2D eigenvalue weighted by Crippen LogP contribution is 2.25. The van der Waals surface area contributed by atoms with Crippen molar-refractivity contribution in [2.45, 2.75) is 33.0 Å². The van der Waals surface area contributed by atoms with Crippen molar-refractivity contribution < 1.29 is 0 Å². The predicted octanol–water partition coefficient (Wildman–Crippen LogP) is 4.04. The van der Waals surface area contributed by atoms with Crippen LogP contribution in [-0.4, -0.2) is 18.1 Å². The Morgan fingerprint density at radius 3 is 2.80 bits per heavy atom. The van der Waals surface area contributed by atoms with Gasteiger partial charge in [-0.15, -0.1) is 11.3 Å². The summed E-state index contributed by atoms with van der Waals surface area (Å²) in [5.74, 6) is 0. The van der Waals surface area contributed by atoms with E-state index in [2.05, 4.69) is 70.2 Å². The zero-order valence-electron chi connectivity index (χ0n) is 12.1. The molecule has 0 saturated carbocycles. The van der Waals surface area contributed by atoms with Gasteiger partial charge in [0.1, 0.15) is 0 Å². The van der Waals surface area contributed by atoms with E-state index < -0.39 is 0 Å². The van der Waals surface area contributed by atoms with Gasteiger partial charge < -0.3 is 10.2 Å². The molecular formula is C15H20BrN3S. The third-order valence-corrected chi connectivity index (χ3v) is 4.80. The lowest BCUT2D eigenvalue weighted by Gasteiger charge is -2.16. The Balaban J connectivity index is 1.99. The summed E-state index contributed by atoms with van der Waals surface area (Å²) in [6.45, 7) is 6.05. The molecule has 2 rings (SSSR count). The second kappa shape index (κ2) is 7.20. The molecule has 0 amide bonds. The van der Waals surface area contributed by atoms with Gasteiger partial charge in [0, 0.05) is 41.7 Å². The molecule has 5 heteroatoms. The summed E-state index contributed by atoms with van der Waals surface area (Å²) in [5.41, 5.74) is 1.27. The van der Waals surface area contributed by atoms with Crippen LogP contribution in [-0.2, 0) is 13.1 Å². The van der Waals surface area contributed by atoms with Crippen molar-refractivity contribution in [1.82, 2.24) is 10.3 Å². The first kappa shape index (κ1) is 15.5. The predicted molar refractivity (Wildman–Crippen MR) is 90.3 cm³/mol. The van der Waals surface area contributed by atoms with Crippen molar-refractivity contribution in [2.24, 2.45) is 0 Å². The lowest BCUT2D eigenvalue weighted by Crippen LogP contribution is -2.21. The van der Waals surface area contributed by atoms with E-state index in [1.165, 1.54) is 10.4 Å². The Hall–Kier alpha value is -0.910. The first-order valence-electron chi connectivity index (χ1n) is 6.69. The summed E-state index contributed by atoms with van der Waals surface area (Å²) in [4.78, 5) is 7.96. The molecule has 0 atom stereocenters. The number of anilines is 1. The first-order valence-corrected chi connectivity index (χ1v) is 8.30. The maximum atomic E-state index is 4.51. The van der Waals surface area contributed by atoms with Crippen molar-refractivity contribution in [1.29, 1.82) is 0 Å². The molecule has 1 aromatic heterocycles. The molecule has 1 heterocycles. The molecule has 20 heavy (non-hydrogen) atoms. The van der Waals surface area contributed by atoms with Gasteiger partial charge in [0.25, 0.3) is 0 Å². The fraction of sp³-hybridized carbons (Fsp3) is 0.400. The van der Waals surface area contributed by atoms with E-state index in [-0.39, 0.29) is 0 Å². The van der Waals surface area contributed by atoms with Gasteiger partial charge in [-0.25, -0.2) is 4.98 Å². The number of hydrogen-bond donors (Lipinski definition) is 1. The highest BCUT2D eigenvalue weighted by molar-refractivity contribution is 9.10. The van der Waals surface area contributed by atoms with Crippen LogP contribution in [0.4, 0.5) is 5.13 Å². The molecule has 0 aliphatic rings. The van der Waals surface area contributed by atoms with Gasteiger partial charge in [-0.1, -0.05) is 48.0 Å². The van der Waals surface area contributed by atoms with Gasteiger partial charge in [0.2, 0.25) is 0 Å². The lowest BCUT2D eigenvalue weighted by molar-refractivity contribution is 0.593. The minimum atomic E-state index is 0.499. The monoisotopic (exact) mass is 353 g/mol. The van der Waals surface area contributed by atoms with E-state index in [4.69, 9.17) is 0 Å². The topological polar surface area (TPSA) is 28.2 Å². The number of halogens is 1. The van der Waals surface area contributed by atoms with Crippen molar-refractivity contribution in [3.8, 4) is 0 Å². The largest absolute Gasteiger partial charge is 0.347 e. The Bertz CT molecular complexity index is 554. The Morgan fingerprint density at radius 2 is 2.10 bits per heavy atom. The minimum absolute atomic E-state index is 0.499. The SMILES string of the molecule is CC(C)NCc1cnc(N(C)Cc2ccccc2Br)s1. The maximum Gasteiger partial charge on any atom is 0.185 e. The van der Waals surface area contributed by atoms with E-state index in [9.17, 15) is 0 Å². The summed E-state index contributed by atoms with van der Waals surface area (Å²) in [6.07, 6.45) is 1.96. The Kier molecular flexibility index (Phi) is 5.57. The van der Waals surface area contributed by atoms with E-state index >= 15 is 0 Å². The summed E-state index contributed by atoms with van der Waals surface area (Å²) < 4.78 is 1.14. The zero-order valence-corrected chi connectivity index (χ0v) is 14.5. The molecule has 1 N–H and O–H groups in total. The molecular weight excluding hydrogens is 334 g/mol. The van der Waals surface area contributed by atoms with Gasteiger partial charge in [0.15, 0.2) is 5.13 Å². The standard InChI is InChI=1S/C15H20BrN3S/c1-11(2)17-8-13-9-18-15(20-13)19(3)10-12-6-4-5-7-14(12)16/h4-7,9,11,17H,8,10H2,1-3H3. The first-order chi connectivity index (χ1) is 9.56. The zero-order chi connectivity index (χ0) is 14.5. The number of nitrogens with one attached hydrogen (secondary N) is 1. The smallest absolute Gasteiger partial charge is 0.185 e. The molecule has 1 aromatic carbocycles. The quantitative estimate of drug-likeness (QED) is 0.849. The molecule has 0 spiro atoms. The van der Waals surface area contributed by atoms with Crippen molar-refractivity contribution in [2.75, 3.05) is 11.9 Å². The fourth-order valence-electron chi connectivity index (χ4n) is 1.81. The van der Waals surface area contributed by atoms with Crippen LogP contribution in [0.2, 0.25) is 0 Å². The summed E-state index contributed by atoms with van der Waals surface area (Å²) >= 11 is 5.33. The summed E-state index contributed by atoms with van der Waals surface area (Å²) in [7, 11) is 2.08. The number of rotatable bonds is 6. The molecule has 0 radical (unpaired) electrons. The Morgan fingerprint density at radius 1 is 1.35 bits per heavy atom. The average Bonchev–Trinajstić information content (AvgIpc) is 2.88. The summed E-state index contributed by atoms with van der Waals surface area (Å²) in [5, 5.41) is 4.47. The van der Waals surface area contributed by atoms with Crippen LogP contribution >= 0.6 is 27.3 Å². The van der Waals surface area contributed by atoms with E-state index in [0.29, 0.717) is 6.04 Å². The second-order valence-corrected chi connectivity index (χ2v) is 7.04. The number of nitrogens with zero attached hydrogens (tertiary/aromatic N) is 2. The number of aromatic nitrogens is 1. The number of thiazole rings is 1.